The standard InChI is InChI=1S/C38H46FN7O7/c1-8-46(23(2)3)35(48)30-16-27(39)13-14-31(30)52-34-33(40-22-41-43-34)45-20-25-18-44(19-26(25)21-45)32(47)17-28(42-37(50)53-38(4,5)6)15-24-11-9-10-12-29(24)36(49)51-7/h9-14,16,22-23,28H,8,15,17-21H2,1-7H3,(H,42,50)/t28-/m1/s1. The maximum Gasteiger partial charge on any atom is 0.407 e. The van der Waals surface area contributed by atoms with Gasteiger partial charge in [-0.2, -0.15) is 0 Å². The molecule has 14 nitrogen and oxygen atoms in total. The first-order valence-electron chi connectivity index (χ1n) is 17.5. The molecule has 2 aliphatic heterocycles. The Morgan fingerprint density at radius 2 is 1.70 bits per heavy atom. The van der Waals surface area contributed by atoms with Crippen molar-refractivity contribution in [2.24, 2.45) is 0 Å². The number of amides is 3. The Kier molecular flexibility index (Phi) is 11.9. The van der Waals surface area contributed by atoms with Crippen molar-refractivity contribution < 1.29 is 37.8 Å². The molecule has 1 atom stereocenters. The van der Waals surface area contributed by atoms with Crippen molar-refractivity contribution in [2.45, 2.75) is 72.1 Å². The highest BCUT2D eigenvalue weighted by atomic mass is 19.1. The van der Waals surface area contributed by atoms with Crippen LogP contribution < -0.4 is 15.0 Å². The molecule has 0 aliphatic carbocycles. The van der Waals surface area contributed by atoms with E-state index in [1.54, 1.807) is 54.8 Å². The van der Waals surface area contributed by atoms with Crippen LogP contribution in [-0.2, 0) is 20.7 Å². The first-order valence-corrected chi connectivity index (χ1v) is 17.5. The summed E-state index contributed by atoms with van der Waals surface area (Å²) in [7, 11) is 1.30. The van der Waals surface area contributed by atoms with Gasteiger partial charge in [-0.1, -0.05) is 18.2 Å². The van der Waals surface area contributed by atoms with Gasteiger partial charge >= 0.3 is 12.1 Å². The number of anilines is 1. The van der Waals surface area contributed by atoms with Gasteiger partial charge < -0.3 is 34.2 Å². The fourth-order valence-corrected chi connectivity index (χ4v) is 6.47. The lowest BCUT2D eigenvalue weighted by Crippen LogP contribution is -2.44. The van der Waals surface area contributed by atoms with Gasteiger partial charge in [0.25, 0.3) is 11.8 Å². The van der Waals surface area contributed by atoms with E-state index in [0.717, 1.165) is 17.2 Å². The first kappa shape index (κ1) is 38.6. The number of carbonyl (C=O) groups is 4. The summed E-state index contributed by atoms with van der Waals surface area (Å²) in [5.74, 6) is -1.07. The van der Waals surface area contributed by atoms with Crippen LogP contribution in [0.25, 0.3) is 0 Å². The molecule has 53 heavy (non-hydrogen) atoms. The van der Waals surface area contributed by atoms with Crippen LogP contribution >= 0.6 is 0 Å². The molecule has 282 valence electrons. The summed E-state index contributed by atoms with van der Waals surface area (Å²) in [6.07, 6.45) is 0.799. The summed E-state index contributed by atoms with van der Waals surface area (Å²) in [5.41, 5.74) is 2.35. The van der Waals surface area contributed by atoms with E-state index in [1.807, 2.05) is 25.7 Å². The fourth-order valence-electron chi connectivity index (χ4n) is 6.47. The van der Waals surface area contributed by atoms with Crippen LogP contribution in [0.5, 0.6) is 11.6 Å². The minimum absolute atomic E-state index is 0.0299. The van der Waals surface area contributed by atoms with Crippen molar-refractivity contribution in [3.8, 4) is 11.6 Å². The molecule has 3 heterocycles. The lowest BCUT2D eigenvalue weighted by Gasteiger charge is -2.27. The van der Waals surface area contributed by atoms with E-state index >= 15 is 0 Å². The van der Waals surface area contributed by atoms with Gasteiger partial charge in [0, 0.05) is 51.2 Å². The number of hydrogen-bond donors (Lipinski definition) is 1. The minimum atomic E-state index is -0.749. The van der Waals surface area contributed by atoms with Crippen molar-refractivity contribution in [1.29, 1.82) is 0 Å². The monoisotopic (exact) mass is 731 g/mol. The van der Waals surface area contributed by atoms with Crippen molar-refractivity contribution in [2.75, 3.05) is 44.7 Å². The summed E-state index contributed by atoms with van der Waals surface area (Å²) < 4.78 is 30.9. The van der Waals surface area contributed by atoms with E-state index in [1.165, 1.54) is 25.6 Å². The van der Waals surface area contributed by atoms with Crippen LogP contribution in [0.2, 0.25) is 0 Å². The molecule has 0 radical (unpaired) electrons. The Balaban J connectivity index is 1.27. The molecule has 0 saturated carbocycles. The molecule has 0 fully saturated rings. The summed E-state index contributed by atoms with van der Waals surface area (Å²) in [6.45, 7) is 12.9. The molecular formula is C38H46FN7O7. The fraction of sp³-hybridized carbons (Fsp3) is 0.447. The predicted octanol–water partition coefficient (Wildman–Crippen LogP) is 4.95. The second kappa shape index (κ2) is 16.4. The number of nitrogens with zero attached hydrogens (tertiary/aromatic N) is 6. The van der Waals surface area contributed by atoms with Gasteiger partial charge in [-0.05, 0) is 88.9 Å². The number of methoxy groups -OCH3 is 1. The lowest BCUT2D eigenvalue weighted by molar-refractivity contribution is -0.130. The van der Waals surface area contributed by atoms with Gasteiger partial charge in [0.05, 0.1) is 18.2 Å². The van der Waals surface area contributed by atoms with Crippen LogP contribution in [0.4, 0.5) is 15.0 Å². The van der Waals surface area contributed by atoms with Crippen LogP contribution in [0, 0.1) is 5.82 Å². The van der Waals surface area contributed by atoms with Crippen LogP contribution in [0.1, 0.15) is 74.2 Å². The van der Waals surface area contributed by atoms with Gasteiger partial charge in [-0.15, -0.1) is 10.2 Å². The summed E-state index contributed by atoms with van der Waals surface area (Å²) >= 11 is 0. The molecule has 3 aromatic rings. The predicted molar refractivity (Wildman–Crippen MR) is 193 cm³/mol. The van der Waals surface area contributed by atoms with Crippen molar-refractivity contribution in [3.05, 3.63) is 82.4 Å². The molecule has 0 saturated heterocycles. The Morgan fingerprint density at radius 1 is 1.00 bits per heavy atom. The first-order chi connectivity index (χ1) is 25.2. The zero-order valence-corrected chi connectivity index (χ0v) is 31.1. The number of hydrogen-bond acceptors (Lipinski definition) is 11. The number of nitrogens with one attached hydrogen (secondary N) is 1. The minimum Gasteiger partial charge on any atom is -0.465 e. The second-order valence-electron chi connectivity index (χ2n) is 14.2. The molecule has 2 aliphatic rings. The number of halogens is 1. The molecule has 2 aromatic carbocycles. The third-order valence-electron chi connectivity index (χ3n) is 8.89. The Morgan fingerprint density at radius 3 is 2.34 bits per heavy atom. The normalized spacial score (nSPS) is 14.6. The highest BCUT2D eigenvalue weighted by Gasteiger charge is 2.35. The van der Waals surface area contributed by atoms with Gasteiger partial charge in [-0.3, -0.25) is 9.59 Å². The van der Waals surface area contributed by atoms with Gasteiger partial charge in [0.2, 0.25) is 5.91 Å². The second-order valence-corrected chi connectivity index (χ2v) is 14.2. The number of benzene rings is 2. The van der Waals surface area contributed by atoms with Crippen molar-refractivity contribution >= 4 is 29.7 Å². The van der Waals surface area contributed by atoms with Crippen molar-refractivity contribution in [3.63, 3.8) is 0 Å². The molecule has 1 aromatic heterocycles. The quantitative estimate of drug-likeness (QED) is 0.199. The Hall–Kier alpha value is -5.60. The summed E-state index contributed by atoms with van der Waals surface area (Å²) in [5, 5.41) is 10.9. The molecule has 0 bridgehead atoms. The molecule has 15 heteroatoms. The molecular weight excluding hydrogens is 685 g/mol. The highest BCUT2D eigenvalue weighted by Crippen LogP contribution is 2.35. The van der Waals surface area contributed by atoms with Crippen LogP contribution in [0.15, 0.2) is 59.9 Å². The Labute approximate surface area is 308 Å². The Bertz CT molecular complexity index is 1880. The number of aromatic nitrogens is 3. The molecule has 1 N–H and O–H groups in total. The molecule has 3 amide bonds. The average Bonchev–Trinajstić information content (AvgIpc) is 3.68. The summed E-state index contributed by atoms with van der Waals surface area (Å²) in [6, 6.07) is 9.87. The van der Waals surface area contributed by atoms with E-state index < -0.39 is 29.5 Å². The van der Waals surface area contributed by atoms with E-state index in [0.29, 0.717) is 49.7 Å². The zero-order valence-electron chi connectivity index (χ0n) is 31.1. The third-order valence-corrected chi connectivity index (χ3v) is 8.89. The van der Waals surface area contributed by atoms with Crippen molar-refractivity contribution in [1.82, 2.24) is 30.3 Å². The average molecular weight is 732 g/mol. The lowest BCUT2D eigenvalue weighted by atomic mass is 9.98. The number of rotatable bonds is 12. The number of carbonyl (C=O) groups excluding carboxylic acids is 4. The van der Waals surface area contributed by atoms with E-state index in [-0.39, 0.29) is 47.9 Å². The van der Waals surface area contributed by atoms with Gasteiger partial charge in [0.1, 0.15) is 23.5 Å². The largest absolute Gasteiger partial charge is 0.465 e. The number of ether oxygens (including phenoxy) is 3. The van der Waals surface area contributed by atoms with Gasteiger partial charge in [0.15, 0.2) is 5.82 Å². The number of alkyl carbamates (subject to hydrolysis) is 1. The summed E-state index contributed by atoms with van der Waals surface area (Å²) in [4.78, 5) is 62.1. The maximum absolute atomic E-state index is 14.4. The van der Waals surface area contributed by atoms with E-state index in [9.17, 15) is 23.6 Å². The smallest absolute Gasteiger partial charge is 0.407 e. The third kappa shape index (κ3) is 9.45. The molecule has 0 unspecified atom stereocenters. The maximum atomic E-state index is 14.4. The molecule has 5 rings (SSSR count). The van der Waals surface area contributed by atoms with E-state index in [4.69, 9.17) is 14.2 Å². The van der Waals surface area contributed by atoms with Gasteiger partial charge in [-0.25, -0.2) is 19.0 Å². The van der Waals surface area contributed by atoms with Crippen LogP contribution in [-0.4, -0.2) is 106 Å². The number of esters is 1. The topological polar surface area (TPSA) is 156 Å². The SMILES string of the molecule is CCN(C(=O)c1cc(F)ccc1Oc1nncnc1N1CC2=C(CN(C(=O)C[C@@H](Cc3ccccc3C(=O)OC)NC(=O)OC(C)(C)C)C2)C1)C(C)C. The van der Waals surface area contributed by atoms with Crippen LogP contribution in [0.3, 0.4) is 0 Å². The molecule has 0 spiro atoms. The zero-order chi connectivity index (χ0) is 38.4. The highest BCUT2D eigenvalue weighted by molar-refractivity contribution is 5.97. The van der Waals surface area contributed by atoms with E-state index in [2.05, 4.69) is 20.5 Å².